The Bertz CT molecular complexity index is 894. The summed E-state index contributed by atoms with van der Waals surface area (Å²) in [5, 5.41) is 26.7. The zero-order valence-electron chi connectivity index (χ0n) is 22.6. The number of amides is 1. The Morgan fingerprint density at radius 1 is 0.737 bits per heavy atom. The van der Waals surface area contributed by atoms with Gasteiger partial charge in [-0.15, -0.1) is 12.4 Å². The van der Waals surface area contributed by atoms with Gasteiger partial charge in [-0.25, -0.2) is 0 Å². The molecule has 1 aliphatic carbocycles. The smallest absolute Gasteiger partial charge is 0.234 e. The van der Waals surface area contributed by atoms with Crippen LogP contribution in [0, 0.1) is 11.8 Å². The number of nitrogens with one attached hydrogen (secondary N) is 2. The van der Waals surface area contributed by atoms with Gasteiger partial charge in [0.25, 0.3) is 0 Å². The topological polar surface area (TPSA) is 84.8 Å². The average molecular weight is 544 g/mol. The Labute approximate surface area is 234 Å². The van der Waals surface area contributed by atoms with Crippen LogP contribution in [0.1, 0.15) is 74.8 Å². The summed E-state index contributed by atoms with van der Waals surface area (Å²) in [6.45, 7) is 5.95. The number of nitrogens with zero attached hydrogens (tertiary/aromatic N) is 1. The van der Waals surface area contributed by atoms with Gasteiger partial charge in [0.15, 0.2) is 0 Å². The molecular weight excluding hydrogens is 498 g/mol. The fraction of sp³-hybridized carbons (Fsp3) is 0.581. The number of benzene rings is 2. The lowest BCUT2D eigenvalue weighted by molar-refractivity contribution is -0.133. The van der Waals surface area contributed by atoms with Crippen LogP contribution in [0.4, 0.5) is 0 Å². The molecule has 6 nitrogen and oxygen atoms in total. The average Bonchev–Trinajstić information content (AvgIpc) is 2.93. The van der Waals surface area contributed by atoms with E-state index >= 15 is 0 Å². The third-order valence-electron chi connectivity index (χ3n) is 8.17. The molecule has 1 saturated carbocycles. The first-order valence-electron chi connectivity index (χ1n) is 14.4. The van der Waals surface area contributed by atoms with Crippen molar-refractivity contribution in [2.24, 2.45) is 11.8 Å². The van der Waals surface area contributed by atoms with Gasteiger partial charge in [-0.2, -0.15) is 0 Å². The molecule has 38 heavy (non-hydrogen) atoms. The summed E-state index contributed by atoms with van der Waals surface area (Å²) in [5.41, 5.74) is 1.70. The molecule has 4 N–H and O–H groups in total. The number of carbonyl (C=O) groups is 1. The second kappa shape index (κ2) is 16.0. The van der Waals surface area contributed by atoms with E-state index in [-0.39, 0.29) is 29.8 Å². The molecule has 1 amide bonds. The van der Waals surface area contributed by atoms with Gasteiger partial charge < -0.3 is 25.7 Å². The normalized spacial score (nSPS) is 16.9. The first-order chi connectivity index (χ1) is 18.1. The molecule has 2 fully saturated rings. The van der Waals surface area contributed by atoms with Crippen LogP contribution >= 0.6 is 12.4 Å². The monoisotopic (exact) mass is 543 g/mol. The van der Waals surface area contributed by atoms with Crippen molar-refractivity contribution in [1.29, 1.82) is 0 Å². The Hall–Kier alpha value is -2.28. The molecule has 7 heteroatoms. The van der Waals surface area contributed by atoms with E-state index in [0.717, 1.165) is 62.6 Å². The molecule has 0 bridgehead atoms. The summed E-state index contributed by atoms with van der Waals surface area (Å²) >= 11 is 0. The van der Waals surface area contributed by atoms with Crippen molar-refractivity contribution < 1.29 is 15.0 Å². The molecule has 0 spiro atoms. The molecule has 0 unspecified atom stereocenters. The number of phenolic OH excluding ortho intramolecular Hbond substituents is 2. The van der Waals surface area contributed by atoms with Crippen molar-refractivity contribution >= 4 is 18.3 Å². The minimum absolute atomic E-state index is 0. The first kappa shape index (κ1) is 30.3. The van der Waals surface area contributed by atoms with E-state index in [1.807, 2.05) is 29.2 Å². The number of hydrogen-bond acceptors (Lipinski definition) is 5. The highest BCUT2D eigenvalue weighted by Gasteiger charge is 2.30. The van der Waals surface area contributed by atoms with Crippen LogP contribution in [0.25, 0.3) is 0 Å². The zero-order valence-corrected chi connectivity index (χ0v) is 23.4. The number of carbonyl (C=O) groups excluding carboxylic acids is 1. The summed E-state index contributed by atoms with van der Waals surface area (Å²) in [7, 11) is 0. The summed E-state index contributed by atoms with van der Waals surface area (Å²) in [6, 6.07) is 13.8. The van der Waals surface area contributed by atoms with Crippen LogP contribution in [0.15, 0.2) is 48.5 Å². The number of halogens is 1. The van der Waals surface area contributed by atoms with Crippen LogP contribution in [-0.2, 0) is 4.79 Å². The van der Waals surface area contributed by atoms with Gasteiger partial charge in [0, 0.05) is 13.1 Å². The van der Waals surface area contributed by atoms with Crippen molar-refractivity contribution in [2.45, 2.75) is 63.7 Å². The van der Waals surface area contributed by atoms with Gasteiger partial charge in [-0.1, -0.05) is 43.5 Å². The molecule has 210 valence electrons. The second-order valence-corrected chi connectivity index (χ2v) is 11.0. The highest BCUT2D eigenvalue weighted by molar-refractivity contribution is 5.87. The Balaban J connectivity index is 0.00000400. The van der Waals surface area contributed by atoms with E-state index < -0.39 is 5.92 Å². The molecule has 2 aromatic carbocycles. The van der Waals surface area contributed by atoms with Gasteiger partial charge in [0.05, 0.1) is 5.92 Å². The number of phenols is 2. The Kier molecular flexibility index (Phi) is 12.7. The Morgan fingerprint density at radius 3 is 1.66 bits per heavy atom. The van der Waals surface area contributed by atoms with Crippen LogP contribution in [0.2, 0.25) is 0 Å². The SMILES string of the molecule is Cl.O=C(C(c1ccc(O)cc1)c1ccc(O)cc1)N1CCC(CNCCCCNCC2CCCCC2)CC1. The largest absolute Gasteiger partial charge is 0.508 e. The molecule has 1 heterocycles. The molecule has 0 aromatic heterocycles. The second-order valence-electron chi connectivity index (χ2n) is 11.0. The lowest BCUT2D eigenvalue weighted by Gasteiger charge is -2.34. The number of aromatic hydroxyl groups is 2. The van der Waals surface area contributed by atoms with Gasteiger partial charge in [-0.05, 0) is 112 Å². The minimum atomic E-state index is -0.442. The summed E-state index contributed by atoms with van der Waals surface area (Å²) in [6.07, 6.45) is 11.5. The fourth-order valence-corrected chi connectivity index (χ4v) is 5.85. The van der Waals surface area contributed by atoms with Crippen molar-refractivity contribution in [2.75, 3.05) is 39.3 Å². The molecule has 4 rings (SSSR count). The van der Waals surface area contributed by atoms with Gasteiger partial charge in [0.2, 0.25) is 5.91 Å². The van der Waals surface area contributed by atoms with Gasteiger partial charge in [0.1, 0.15) is 11.5 Å². The van der Waals surface area contributed by atoms with Crippen LogP contribution in [-0.4, -0.2) is 60.3 Å². The molecule has 0 atom stereocenters. The van der Waals surface area contributed by atoms with E-state index in [9.17, 15) is 15.0 Å². The predicted molar refractivity (Wildman–Crippen MR) is 156 cm³/mol. The van der Waals surface area contributed by atoms with Crippen molar-refractivity contribution in [1.82, 2.24) is 15.5 Å². The van der Waals surface area contributed by atoms with Crippen LogP contribution in [0.3, 0.4) is 0 Å². The molecule has 1 saturated heterocycles. The van der Waals surface area contributed by atoms with E-state index in [2.05, 4.69) is 10.6 Å². The standard InChI is InChI=1S/C31H45N3O3.ClH/c35-28-12-8-26(9-13-28)30(27-10-14-29(36)15-11-27)31(37)34-20-16-25(17-21-34)23-33-19-5-4-18-32-22-24-6-2-1-3-7-24;/h8-15,24-25,30,32-33,35-36H,1-7,16-23H2;1H. The number of hydrogen-bond donors (Lipinski definition) is 4. The summed E-state index contributed by atoms with van der Waals surface area (Å²) < 4.78 is 0. The quantitative estimate of drug-likeness (QED) is 0.268. The van der Waals surface area contributed by atoms with E-state index in [1.54, 1.807) is 24.3 Å². The third kappa shape index (κ3) is 9.18. The maximum Gasteiger partial charge on any atom is 0.234 e. The minimum Gasteiger partial charge on any atom is -0.508 e. The highest BCUT2D eigenvalue weighted by Crippen LogP contribution is 2.31. The van der Waals surface area contributed by atoms with Crippen LogP contribution in [0.5, 0.6) is 11.5 Å². The van der Waals surface area contributed by atoms with Gasteiger partial charge in [-0.3, -0.25) is 4.79 Å². The number of unbranched alkanes of at least 4 members (excludes halogenated alkanes) is 1. The molecule has 2 aromatic rings. The zero-order chi connectivity index (χ0) is 25.9. The summed E-state index contributed by atoms with van der Waals surface area (Å²) in [4.78, 5) is 15.6. The maximum absolute atomic E-state index is 13.6. The van der Waals surface area contributed by atoms with Crippen molar-refractivity contribution in [3.05, 3.63) is 59.7 Å². The number of likely N-dealkylation sites (tertiary alicyclic amines) is 1. The van der Waals surface area contributed by atoms with Crippen LogP contribution < -0.4 is 10.6 Å². The molecule has 2 aliphatic rings. The highest BCUT2D eigenvalue weighted by atomic mass is 35.5. The fourth-order valence-electron chi connectivity index (χ4n) is 5.85. The van der Waals surface area contributed by atoms with Gasteiger partial charge >= 0.3 is 0 Å². The molecule has 0 radical (unpaired) electrons. The van der Waals surface area contributed by atoms with E-state index in [1.165, 1.54) is 51.5 Å². The number of piperidine rings is 1. The number of rotatable bonds is 12. The predicted octanol–water partition coefficient (Wildman–Crippen LogP) is 5.43. The van der Waals surface area contributed by atoms with Crippen molar-refractivity contribution in [3.63, 3.8) is 0 Å². The van der Waals surface area contributed by atoms with E-state index in [0.29, 0.717) is 5.92 Å². The van der Waals surface area contributed by atoms with E-state index in [4.69, 9.17) is 0 Å². The molecule has 1 aliphatic heterocycles. The lowest BCUT2D eigenvalue weighted by Crippen LogP contribution is -2.43. The third-order valence-corrected chi connectivity index (χ3v) is 8.17. The van der Waals surface area contributed by atoms with Crippen molar-refractivity contribution in [3.8, 4) is 11.5 Å². The Morgan fingerprint density at radius 2 is 1.18 bits per heavy atom. The summed E-state index contributed by atoms with van der Waals surface area (Å²) in [5.74, 6) is 1.52. The first-order valence-corrected chi connectivity index (χ1v) is 14.4. The molecular formula is C31H46ClN3O3. The maximum atomic E-state index is 13.6. The lowest BCUT2D eigenvalue weighted by atomic mass is 9.88.